The number of rotatable bonds is 4. The average molecular weight is 316 g/mol. The third kappa shape index (κ3) is 4.33. The predicted octanol–water partition coefficient (Wildman–Crippen LogP) is -0.552. The molecule has 2 N–H and O–H groups in total. The van der Waals surface area contributed by atoms with E-state index in [1.54, 1.807) is 4.90 Å². The number of aliphatic hydroxyl groups is 1. The highest BCUT2D eigenvalue weighted by Gasteiger charge is 2.25. The maximum Gasteiger partial charge on any atom is 0.230 e. The first-order chi connectivity index (χ1) is 11.2. The van der Waals surface area contributed by atoms with Crippen LogP contribution in [0.25, 0.3) is 0 Å². The normalized spacial score (nSPS) is 19.5. The summed E-state index contributed by atoms with van der Waals surface area (Å²) in [6.07, 6.45) is -0.461. The van der Waals surface area contributed by atoms with Crippen LogP contribution in [-0.2, 0) is 17.8 Å². The van der Waals surface area contributed by atoms with Crippen LogP contribution in [-0.4, -0.2) is 73.7 Å². The van der Waals surface area contributed by atoms with Crippen LogP contribution in [0.15, 0.2) is 30.3 Å². The number of carbonyl (C=O) groups excluding carboxylic acids is 1. The van der Waals surface area contributed by atoms with Crippen molar-refractivity contribution in [2.24, 2.45) is 0 Å². The van der Waals surface area contributed by atoms with Gasteiger partial charge in [-0.2, -0.15) is 5.21 Å². The first-order valence-corrected chi connectivity index (χ1v) is 7.65. The Bertz CT molecular complexity index is 618. The summed E-state index contributed by atoms with van der Waals surface area (Å²) >= 11 is 0. The molecule has 8 nitrogen and oxygen atoms in total. The Kier molecular flexibility index (Phi) is 4.94. The van der Waals surface area contributed by atoms with Gasteiger partial charge in [0, 0.05) is 32.7 Å². The zero-order valence-electron chi connectivity index (χ0n) is 12.8. The smallest absolute Gasteiger partial charge is 0.230 e. The van der Waals surface area contributed by atoms with Crippen molar-refractivity contribution in [3.8, 4) is 0 Å². The topological polar surface area (TPSA) is 98.2 Å². The van der Waals surface area contributed by atoms with Gasteiger partial charge in [0.2, 0.25) is 5.91 Å². The molecule has 1 aliphatic rings. The summed E-state index contributed by atoms with van der Waals surface area (Å²) in [5, 5.41) is 23.6. The highest BCUT2D eigenvalue weighted by atomic mass is 16.3. The van der Waals surface area contributed by atoms with Gasteiger partial charge in [0.25, 0.3) is 0 Å². The number of H-pyrrole nitrogens is 1. The molecular weight excluding hydrogens is 296 g/mol. The van der Waals surface area contributed by atoms with Crippen molar-refractivity contribution in [1.82, 2.24) is 30.4 Å². The highest BCUT2D eigenvalue weighted by Crippen LogP contribution is 2.10. The number of aromatic nitrogens is 4. The number of aromatic amines is 1. The summed E-state index contributed by atoms with van der Waals surface area (Å²) in [5.41, 5.74) is 1.20. The lowest BCUT2D eigenvalue weighted by Crippen LogP contribution is -2.38. The standard InChI is InChI=1S/C15H20N6O2/c22-13-10-20(9-12-4-2-1-3-5-12)6-7-21(11-13)15(23)8-14-16-18-19-17-14/h1-5,13,22H,6-11H2,(H,16,17,18,19)/t13-/m1/s1. The second-order valence-corrected chi connectivity index (χ2v) is 5.72. The number of hydrogen-bond donors (Lipinski definition) is 2. The van der Waals surface area contributed by atoms with E-state index in [2.05, 4.69) is 37.7 Å². The fraction of sp³-hybridized carbons (Fsp3) is 0.467. The molecule has 122 valence electrons. The second-order valence-electron chi connectivity index (χ2n) is 5.72. The van der Waals surface area contributed by atoms with Crippen LogP contribution in [0.4, 0.5) is 0 Å². The van der Waals surface area contributed by atoms with Gasteiger partial charge in [-0.1, -0.05) is 35.5 Å². The zero-order chi connectivity index (χ0) is 16.1. The van der Waals surface area contributed by atoms with Gasteiger partial charge in [0.05, 0.1) is 12.5 Å². The van der Waals surface area contributed by atoms with Gasteiger partial charge in [0.15, 0.2) is 5.82 Å². The summed E-state index contributed by atoms with van der Waals surface area (Å²) in [6, 6.07) is 10.1. The van der Waals surface area contributed by atoms with Crippen LogP contribution in [0, 0.1) is 0 Å². The van der Waals surface area contributed by atoms with Gasteiger partial charge >= 0.3 is 0 Å². The molecule has 2 aromatic rings. The molecule has 1 aliphatic heterocycles. The number of aliphatic hydroxyl groups excluding tert-OH is 1. The maximum atomic E-state index is 12.3. The molecule has 8 heteroatoms. The Morgan fingerprint density at radius 2 is 2.09 bits per heavy atom. The van der Waals surface area contributed by atoms with Crippen LogP contribution < -0.4 is 0 Å². The van der Waals surface area contributed by atoms with Crippen LogP contribution in [0.2, 0.25) is 0 Å². The quantitative estimate of drug-likeness (QED) is 0.785. The lowest BCUT2D eigenvalue weighted by Gasteiger charge is -2.21. The average Bonchev–Trinajstić information content (AvgIpc) is 2.97. The van der Waals surface area contributed by atoms with E-state index in [4.69, 9.17) is 0 Å². The van der Waals surface area contributed by atoms with Crippen molar-refractivity contribution in [3.05, 3.63) is 41.7 Å². The third-order valence-electron chi connectivity index (χ3n) is 3.89. The molecule has 1 amide bonds. The summed E-state index contributed by atoms with van der Waals surface area (Å²) in [5.74, 6) is 0.280. The van der Waals surface area contributed by atoms with E-state index >= 15 is 0 Å². The molecule has 1 saturated heterocycles. The van der Waals surface area contributed by atoms with Crippen molar-refractivity contribution >= 4 is 5.91 Å². The van der Waals surface area contributed by atoms with Crippen molar-refractivity contribution in [2.45, 2.75) is 19.1 Å². The van der Waals surface area contributed by atoms with Crippen LogP contribution in [0.5, 0.6) is 0 Å². The number of β-amino-alcohol motifs (C(OH)–C–C–N with tert-alkyl or cyclic N) is 1. The summed E-state index contributed by atoms with van der Waals surface area (Å²) in [6.45, 7) is 2.97. The lowest BCUT2D eigenvalue weighted by molar-refractivity contribution is -0.131. The first kappa shape index (κ1) is 15.6. The monoisotopic (exact) mass is 316 g/mol. The van der Waals surface area contributed by atoms with Crippen LogP contribution >= 0.6 is 0 Å². The SMILES string of the molecule is O=C(Cc1nn[nH]n1)N1CCN(Cc2ccccc2)C[C@@H](O)C1. The van der Waals surface area contributed by atoms with Gasteiger partial charge in [-0.25, -0.2) is 0 Å². The minimum atomic E-state index is -0.560. The number of amides is 1. The van der Waals surface area contributed by atoms with E-state index < -0.39 is 6.10 Å². The van der Waals surface area contributed by atoms with Crippen molar-refractivity contribution < 1.29 is 9.90 Å². The predicted molar refractivity (Wildman–Crippen MR) is 82.2 cm³/mol. The highest BCUT2D eigenvalue weighted by molar-refractivity contribution is 5.78. The summed E-state index contributed by atoms with van der Waals surface area (Å²) in [4.78, 5) is 16.1. The molecule has 0 bridgehead atoms. The Morgan fingerprint density at radius 3 is 2.83 bits per heavy atom. The van der Waals surface area contributed by atoms with E-state index in [-0.39, 0.29) is 12.3 Å². The zero-order valence-corrected chi connectivity index (χ0v) is 12.8. The number of hydrogen-bond acceptors (Lipinski definition) is 6. The Morgan fingerprint density at radius 1 is 1.26 bits per heavy atom. The molecule has 0 radical (unpaired) electrons. The minimum absolute atomic E-state index is 0.0907. The molecule has 2 heterocycles. The molecule has 23 heavy (non-hydrogen) atoms. The molecule has 1 aromatic carbocycles. The molecular formula is C15H20N6O2. The molecule has 0 spiro atoms. The fourth-order valence-corrected chi connectivity index (χ4v) is 2.77. The Hall–Kier alpha value is -2.32. The van der Waals surface area contributed by atoms with Crippen LogP contribution in [0.3, 0.4) is 0 Å². The van der Waals surface area contributed by atoms with Gasteiger partial charge in [-0.3, -0.25) is 9.69 Å². The number of benzene rings is 1. The van der Waals surface area contributed by atoms with E-state index in [9.17, 15) is 9.90 Å². The van der Waals surface area contributed by atoms with E-state index in [1.807, 2.05) is 18.2 Å². The molecule has 1 atom stereocenters. The number of carbonyl (C=O) groups is 1. The largest absolute Gasteiger partial charge is 0.390 e. The fourth-order valence-electron chi connectivity index (χ4n) is 2.77. The van der Waals surface area contributed by atoms with Crippen LogP contribution in [0.1, 0.15) is 11.4 Å². The Labute approximate surface area is 134 Å². The third-order valence-corrected chi connectivity index (χ3v) is 3.89. The molecule has 0 aliphatic carbocycles. The first-order valence-electron chi connectivity index (χ1n) is 7.65. The summed E-state index contributed by atoms with van der Waals surface area (Å²) < 4.78 is 0. The maximum absolute atomic E-state index is 12.3. The molecule has 1 aromatic heterocycles. The summed E-state index contributed by atoms with van der Waals surface area (Å²) in [7, 11) is 0. The molecule has 0 saturated carbocycles. The van der Waals surface area contributed by atoms with Crippen molar-refractivity contribution in [2.75, 3.05) is 26.2 Å². The molecule has 1 fully saturated rings. The van der Waals surface area contributed by atoms with E-state index in [0.29, 0.717) is 25.5 Å². The van der Waals surface area contributed by atoms with Gasteiger partial charge in [-0.05, 0) is 5.56 Å². The van der Waals surface area contributed by atoms with Gasteiger partial charge < -0.3 is 10.0 Å². The molecule has 3 rings (SSSR count). The number of nitrogens with zero attached hydrogens (tertiary/aromatic N) is 5. The number of tetrazole rings is 1. The van der Waals surface area contributed by atoms with E-state index in [0.717, 1.165) is 13.1 Å². The van der Waals surface area contributed by atoms with Crippen molar-refractivity contribution in [3.63, 3.8) is 0 Å². The van der Waals surface area contributed by atoms with Crippen molar-refractivity contribution in [1.29, 1.82) is 0 Å². The minimum Gasteiger partial charge on any atom is -0.390 e. The number of nitrogens with one attached hydrogen (secondary N) is 1. The Balaban J connectivity index is 1.58. The van der Waals surface area contributed by atoms with Gasteiger partial charge in [0.1, 0.15) is 0 Å². The molecule has 0 unspecified atom stereocenters. The second kappa shape index (κ2) is 7.30. The lowest BCUT2D eigenvalue weighted by atomic mass is 10.2. The van der Waals surface area contributed by atoms with Gasteiger partial charge in [-0.15, -0.1) is 10.2 Å². The van der Waals surface area contributed by atoms with E-state index in [1.165, 1.54) is 5.56 Å².